The monoisotopic (exact) mass is 743 g/mol. The summed E-state index contributed by atoms with van der Waals surface area (Å²) in [7, 11) is 0. The molecule has 0 saturated heterocycles. The van der Waals surface area contributed by atoms with Gasteiger partial charge in [-0.25, -0.2) is 9.59 Å². The molecule has 44 heavy (non-hydrogen) atoms. The average Bonchev–Trinajstić information content (AvgIpc) is 3.16. The van der Waals surface area contributed by atoms with Crippen LogP contribution in [0.25, 0.3) is 0 Å². The van der Waals surface area contributed by atoms with Crippen LogP contribution in [0, 0.1) is 11.8 Å². The van der Waals surface area contributed by atoms with E-state index in [2.05, 4.69) is 47.8 Å². The summed E-state index contributed by atoms with van der Waals surface area (Å²) in [5, 5.41) is 7.91. The topological polar surface area (TPSA) is 186 Å². The highest BCUT2D eigenvalue weighted by atomic mass is 79.9. The number of imide groups is 1. The number of primary amides is 1. The van der Waals surface area contributed by atoms with Gasteiger partial charge in [-0.1, -0.05) is 32.9 Å². The molecule has 242 valence electrons. The third-order valence-electron chi connectivity index (χ3n) is 6.74. The predicted octanol–water partition coefficient (Wildman–Crippen LogP) is 3.35. The van der Waals surface area contributed by atoms with Crippen LogP contribution in [0.2, 0.25) is 0 Å². The molecular weight excluding hydrogens is 706 g/mol. The Morgan fingerprint density at radius 2 is 1.61 bits per heavy atom. The Hall–Kier alpha value is -3.30. The minimum absolute atomic E-state index is 0.000515. The van der Waals surface area contributed by atoms with Gasteiger partial charge in [0.2, 0.25) is 5.91 Å². The molecule has 0 unspecified atom stereocenters. The first-order chi connectivity index (χ1) is 20.8. The van der Waals surface area contributed by atoms with Crippen molar-refractivity contribution in [1.29, 1.82) is 0 Å². The number of carbonyl (C=O) groups excluding carboxylic acids is 6. The fourth-order valence-corrected chi connectivity index (χ4v) is 5.05. The molecule has 1 heterocycles. The fourth-order valence-electron chi connectivity index (χ4n) is 4.28. The number of hydrogen-bond acceptors (Lipinski definition) is 8. The highest BCUT2D eigenvalue weighted by Gasteiger charge is 2.35. The van der Waals surface area contributed by atoms with E-state index in [0.717, 1.165) is 16.9 Å². The summed E-state index contributed by atoms with van der Waals surface area (Å²) >= 11 is 6.10. The molecule has 13 nitrogen and oxygen atoms in total. The number of nitrogens with zero attached hydrogens (tertiary/aromatic N) is 1. The lowest BCUT2D eigenvalue weighted by Crippen LogP contribution is -2.46. The number of ketones is 1. The number of benzene rings is 1. The van der Waals surface area contributed by atoms with E-state index in [0.29, 0.717) is 18.5 Å². The van der Waals surface area contributed by atoms with Crippen LogP contribution in [0.3, 0.4) is 0 Å². The Balaban J connectivity index is 1.88. The molecule has 2 rings (SSSR count). The van der Waals surface area contributed by atoms with Crippen molar-refractivity contribution < 1.29 is 38.2 Å². The van der Waals surface area contributed by atoms with Gasteiger partial charge in [-0.05, 0) is 74.7 Å². The number of carbonyl (C=O) groups is 6. The van der Waals surface area contributed by atoms with Crippen molar-refractivity contribution in [2.45, 2.75) is 52.5 Å². The normalized spacial score (nSPS) is 14.5. The molecular formula is C29H39Br2N5O8. The molecule has 1 aliphatic rings. The average molecular weight is 745 g/mol. The smallest absolute Gasteiger partial charge is 0.407 e. The van der Waals surface area contributed by atoms with E-state index < -0.39 is 35.9 Å². The zero-order valence-electron chi connectivity index (χ0n) is 25.0. The minimum Gasteiger partial charge on any atom is -0.447 e. The number of halogens is 2. The Bertz CT molecular complexity index is 1210. The molecule has 0 fully saturated rings. The molecule has 0 bridgehead atoms. The molecule has 0 aromatic heterocycles. The second-order valence-corrected chi connectivity index (χ2v) is 11.9. The lowest BCUT2D eigenvalue weighted by Gasteiger charge is -2.24. The van der Waals surface area contributed by atoms with Crippen LogP contribution in [-0.4, -0.2) is 79.5 Å². The van der Waals surface area contributed by atoms with E-state index in [4.69, 9.17) is 15.2 Å². The van der Waals surface area contributed by atoms with Gasteiger partial charge in [-0.2, -0.15) is 0 Å². The molecule has 0 aliphatic carbocycles. The lowest BCUT2D eigenvalue weighted by molar-refractivity contribution is -0.138. The maximum absolute atomic E-state index is 13.3. The highest BCUT2D eigenvalue weighted by Crippen LogP contribution is 2.29. The van der Waals surface area contributed by atoms with Crippen LogP contribution < -0.4 is 21.7 Å². The first-order valence-corrected chi connectivity index (χ1v) is 15.8. The second-order valence-electron chi connectivity index (χ2n) is 10.3. The van der Waals surface area contributed by atoms with E-state index in [1.807, 2.05) is 19.1 Å². The van der Waals surface area contributed by atoms with Crippen molar-refractivity contribution in [3.8, 4) is 0 Å². The van der Waals surface area contributed by atoms with E-state index in [1.54, 1.807) is 26.0 Å². The van der Waals surface area contributed by atoms with Crippen LogP contribution in [0.15, 0.2) is 33.2 Å². The van der Waals surface area contributed by atoms with Crippen molar-refractivity contribution in [2.24, 2.45) is 17.6 Å². The Labute approximate surface area is 273 Å². The summed E-state index contributed by atoms with van der Waals surface area (Å²) in [4.78, 5) is 75.0. The van der Waals surface area contributed by atoms with Crippen LogP contribution >= 0.6 is 31.9 Å². The van der Waals surface area contributed by atoms with E-state index in [-0.39, 0.29) is 65.9 Å². The summed E-state index contributed by atoms with van der Waals surface area (Å²) in [5.41, 5.74) is 6.84. The number of Topliss-reactive ketones (excluding diaryl/α,β-unsaturated/α-hetero) is 1. The molecule has 0 saturated carbocycles. The molecule has 1 aromatic rings. The first kappa shape index (κ1) is 36.9. The number of anilines is 1. The third kappa shape index (κ3) is 11.7. The fraction of sp³-hybridized carbons (Fsp3) is 0.517. The number of nitrogens with two attached hydrogens (primary N) is 1. The van der Waals surface area contributed by atoms with Crippen LogP contribution in [0.4, 0.5) is 15.3 Å². The number of ether oxygens (including phenoxy) is 2. The van der Waals surface area contributed by atoms with Gasteiger partial charge >= 0.3 is 12.1 Å². The zero-order valence-corrected chi connectivity index (χ0v) is 28.1. The van der Waals surface area contributed by atoms with Crippen molar-refractivity contribution in [1.82, 2.24) is 15.5 Å². The van der Waals surface area contributed by atoms with Gasteiger partial charge in [-0.3, -0.25) is 24.1 Å². The quantitative estimate of drug-likeness (QED) is 0.130. The molecule has 0 radical (unpaired) electrons. The Morgan fingerprint density at radius 3 is 2.18 bits per heavy atom. The number of aryl methyl sites for hydroxylation is 1. The van der Waals surface area contributed by atoms with Crippen LogP contribution in [0.5, 0.6) is 0 Å². The zero-order chi connectivity index (χ0) is 32.8. The number of hydrogen-bond donors (Lipinski definition) is 4. The molecule has 6 amide bonds. The lowest BCUT2D eigenvalue weighted by atomic mass is 9.89. The Morgan fingerprint density at radius 1 is 0.977 bits per heavy atom. The number of nitrogens with one attached hydrogen (secondary N) is 3. The summed E-state index contributed by atoms with van der Waals surface area (Å²) in [5.74, 6) is -2.66. The molecule has 5 N–H and O–H groups in total. The van der Waals surface area contributed by atoms with Gasteiger partial charge in [0.1, 0.15) is 15.6 Å². The Kier molecular flexibility index (Phi) is 15.5. The SMILES string of the molecule is CCc1ccc(NC(=O)[C@H](CCCNC(N)=O)CC(=O)[C@@H](NC(=O)OCCOCCN2C(=O)C(Br)=C(Br)C2=O)C(C)C)cc1. The van der Waals surface area contributed by atoms with Gasteiger partial charge in [0.25, 0.3) is 11.8 Å². The van der Waals surface area contributed by atoms with Gasteiger partial charge in [-0.15, -0.1) is 0 Å². The number of amides is 6. The minimum atomic E-state index is -0.914. The number of alkyl carbamates (subject to hydrolysis) is 1. The van der Waals surface area contributed by atoms with Gasteiger partial charge in [0, 0.05) is 24.6 Å². The molecule has 0 spiro atoms. The van der Waals surface area contributed by atoms with Crippen molar-refractivity contribution >= 4 is 73.2 Å². The standard InChI is InChI=1S/C29H39Br2N5O8/c1-4-18-7-9-20(10-8-18)34-25(38)19(6-5-11-33-28(32)41)16-21(37)24(17(2)3)35-29(42)44-15-14-43-13-12-36-26(39)22(30)23(31)27(36)40/h7-10,17,19,24H,4-6,11-16H2,1-3H3,(H,34,38)(H,35,42)(H3,32,33,41)/t19-,24+/m1/s1. The summed E-state index contributed by atoms with van der Waals surface area (Å²) in [6.07, 6.45) is 0.600. The molecule has 2 atom stereocenters. The first-order valence-electron chi connectivity index (χ1n) is 14.2. The third-order valence-corrected chi connectivity index (χ3v) is 8.75. The molecule has 1 aromatic carbocycles. The van der Waals surface area contributed by atoms with Crippen molar-refractivity contribution in [3.63, 3.8) is 0 Å². The molecule has 1 aliphatic heterocycles. The second kappa shape index (κ2) is 18.5. The predicted molar refractivity (Wildman–Crippen MR) is 170 cm³/mol. The number of urea groups is 1. The highest BCUT2D eigenvalue weighted by molar-refractivity contribution is 9.14. The molecule has 15 heteroatoms. The van der Waals surface area contributed by atoms with Gasteiger partial charge in [0.05, 0.1) is 25.8 Å². The van der Waals surface area contributed by atoms with Gasteiger partial charge < -0.3 is 31.2 Å². The number of rotatable bonds is 18. The van der Waals surface area contributed by atoms with Crippen LogP contribution in [0.1, 0.15) is 45.6 Å². The van der Waals surface area contributed by atoms with Crippen LogP contribution in [-0.2, 0) is 35.1 Å². The largest absolute Gasteiger partial charge is 0.447 e. The van der Waals surface area contributed by atoms with E-state index in [9.17, 15) is 28.8 Å². The van der Waals surface area contributed by atoms with E-state index >= 15 is 0 Å². The maximum Gasteiger partial charge on any atom is 0.407 e. The van der Waals surface area contributed by atoms with Gasteiger partial charge in [0.15, 0.2) is 5.78 Å². The van der Waals surface area contributed by atoms with E-state index in [1.165, 1.54) is 0 Å². The summed E-state index contributed by atoms with van der Waals surface area (Å²) in [6, 6.07) is 5.82. The maximum atomic E-state index is 13.3. The summed E-state index contributed by atoms with van der Waals surface area (Å²) in [6.45, 7) is 5.73. The summed E-state index contributed by atoms with van der Waals surface area (Å²) < 4.78 is 10.8. The van der Waals surface area contributed by atoms with Crippen molar-refractivity contribution in [2.75, 3.05) is 38.2 Å². The van der Waals surface area contributed by atoms with Crippen molar-refractivity contribution in [3.05, 3.63) is 38.8 Å².